The van der Waals surface area contributed by atoms with Gasteiger partial charge in [0.25, 0.3) is 0 Å². The van der Waals surface area contributed by atoms with E-state index in [-0.39, 0.29) is 0 Å². The lowest BCUT2D eigenvalue weighted by Gasteiger charge is -2.13. The third-order valence-electron chi connectivity index (χ3n) is 2.76. The van der Waals surface area contributed by atoms with Crippen LogP contribution in [0.3, 0.4) is 0 Å². The van der Waals surface area contributed by atoms with Crippen molar-refractivity contribution in [2.45, 2.75) is 13.8 Å². The van der Waals surface area contributed by atoms with Crippen LogP contribution in [-0.4, -0.2) is 4.99 Å². The van der Waals surface area contributed by atoms with Crippen LogP contribution in [0.2, 0.25) is 5.02 Å². The highest BCUT2D eigenvalue weighted by Crippen LogP contribution is 2.30. The topological polar surface area (TPSA) is 35.2 Å². The van der Waals surface area contributed by atoms with Gasteiger partial charge in [0.15, 0.2) is 0 Å². The van der Waals surface area contributed by atoms with Gasteiger partial charge in [-0.05, 0) is 55.3 Å². The van der Waals surface area contributed by atoms with E-state index in [4.69, 9.17) is 34.3 Å². The summed E-state index contributed by atoms with van der Waals surface area (Å²) in [6.07, 6.45) is 0. The molecule has 0 bridgehead atoms. The molecule has 0 heterocycles. The monoisotopic (exact) mass is 291 g/mol. The molecule has 2 N–H and O–H groups in total. The maximum atomic E-state index is 5.93. The summed E-state index contributed by atoms with van der Waals surface area (Å²) in [5.74, 6) is 1.41. The highest BCUT2D eigenvalue weighted by atomic mass is 35.5. The highest BCUT2D eigenvalue weighted by Gasteiger charge is 2.09. The van der Waals surface area contributed by atoms with Gasteiger partial charge < -0.3 is 10.5 Å². The number of rotatable bonds is 3. The second-order valence-electron chi connectivity index (χ2n) is 4.38. The zero-order chi connectivity index (χ0) is 14.0. The molecule has 0 radical (unpaired) electrons. The molecule has 0 unspecified atom stereocenters. The Morgan fingerprint density at radius 1 is 1.11 bits per heavy atom. The molecule has 2 rings (SSSR count). The molecular formula is C15H14ClNOS. The van der Waals surface area contributed by atoms with Crippen molar-refractivity contribution in [1.82, 2.24) is 0 Å². The predicted octanol–water partition coefficient (Wildman–Crippen LogP) is 4.38. The fraction of sp³-hybridized carbons (Fsp3) is 0.133. The van der Waals surface area contributed by atoms with E-state index in [9.17, 15) is 0 Å². The van der Waals surface area contributed by atoms with Gasteiger partial charge in [-0.2, -0.15) is 0 Å². The molecule has 0 aliphatic carbocycles. The van der Waals surface area contributed by atoms with Gasteiger partial charge in [-0.25, -0.2) is 0 Å². The second-order valence-corrected chi connectivity index (χ2v) is 5.25. The second kappa shape index (κ2) is 5.59. The first-order chi connectivity index (χ1) is 8.97. The summed E-state index contributed by atoms with van der Waals surface area (Å²) < 4.78 is 5.91. The number of aryl methyl sites for hydroxylation is 2. The molecule has 0 spiro atoms. The third-order valence-corrected chi connectivity index (χ3v) is 3.21. The lowest BCUT2D eigenvalue weighted by molar-refractivity contribution is 0.477. The molecule has 19 heavy (non-hydrogen) atoms. The van der Waals surface area contributed by atoms with E-state index in [1.807, 2.05) is 44.2 Å². The van der Waals surface area contributed by atoms with E-state index in [0.717, 1.165) is 22.4 Å². The van der Waals surface area contributed by atoms with Gasteiger partial charge >= 0.3 is 0 Å². The molecule has 0 fully saturated rings. The lowest BCUT2D eigenvalue weighted by Crippen LogP contribution is -2.11. The van der Waals surface area contributed by atoms with Crippen LogP contribution < -0.4 is 10.5 Å². The van der Waals surface area contributed by atoms with Crippen molar-refractivity contribution >= 4 is 28.8 Å². The molecule has 0 saturated heterocycles. The summed E-state index contributed by atoms with van der Waals surface area (Å²) in [6, 6.07) is 11.2. The van der Waals surface area contributed by atoms with Gasteiger partial charge in [-0.1, -0.05) is 29.9 Å². The SMILES string of the molecule is Cc1ccc(C(N)=S)c(Oc2ccc(Cl)cc2C)c1. The summed E-state index contributed by atoms with van der Waals surface area (Å²) in [6.45, 7) is 3.93. The van der Waals surface area contributed by atoms with Gasteiger partial charge in [0.2, 0.25) is 0 Å². The van der Waals surface area contributed by atoms with Crippen molar-refractivity contribution in [2.24, 2.45) is 5.73 Å². The molecule has 2 aromatic carbocycles. The average molecular weight is 292 g/mol. The van der Waals surface area contributed by atoms with E-state index < -0.39 is 0 Å². The van der Waals surface area contributed by atoms with E-state index in [1.165, 1.54) is 0 Å². The Morgan fingerprint density at radius 3 is 2.47 bits per heavy atom. The van der Waals surface area contributed by atoms with Crippen LogP contribution in [0.5, 0.6) is 11.5 Å². The molecule has 0 amide bonds. The number of thiocarbonyl (C=S) groups is 1. The predicted molar refractivity (Wildman–Crippen MR) is 83.3 cm³/mol. The number of benzene rings is 2. The van der Waals surface area contributed by atoms with E-state index in [1.54, 1.807) is 6.07 Å². The Labute approximate surface area is 123 Å². The molecule has 2 aromatic rings. The summed E-state index contributed by atoms with van der Waals surface area (Å²) in [4.78, 5) is 0.321. The normalized spacial score (nSPS) is 10.3. The Kier molecular flexibility index (Phi) is 4.08. The smallest absolute Gasteiger partial charge is 0.137 e. The molecule has 0 aromatic heterocycles. The molecule has 0 aliphatic rings. The lowest BCUT2D eigenvalue weighted by atomic mass is 10.1. The average Bonchev–Trinajstić information content (AvgIpc) is 2.32. The molecule has 98 valence electrons. The fourth-order valence-corrected chi connectivity index (χ4v) is 2.16. The van der Waals surface area contributed by atoms with Crippen molar-refractivity contribution < 1.29 is 4.74 Å². The molecule has 0 saturated carbocycles. The number of ether oxygens (including phenoxy) is 1. The van der Waals surface area contributed by atoms with Gasteiger partial charge in [0.1, 0.15) is 16.5 Å². The van der Waals surface area contributed by atoms with Gasteiger partial charge in [-0.15, -0.1) is 0 Å². The van der Waals surface area contributed by atoms with Gasteiger partial charge in [0.05, 0.1) is 5.56 Å². The highest BCUT2D eigenvalue weighted by molar-refractivity contribution is 7.80. The summed E-state index contributed by atoms with van der Waals surface area (Å²) in [7, 11) is 0. The van der Waals surface area contributed by atoms with Crippen LogP contribution in [-0.2, 0) is 0 Å². The van der Waals surface area contributed by atoms with Crippen LogP contribution in [0, 0.1) is 13.8 Å². The minimum absolute atomic E-state index is 0.321. The van der Waals surface area contributed by atoms with Crippen LogP contribution in [0.1, 0.15) is 16.7 Å². The number of hydrogen-bond donors (Lipinski definition) is 1. The van der Waals surface area contributed by atoms with Gasteiger partial charge in [0, 0.05) is 5.02 Å². The van der Waals surface area contributed by atoms with Crippen molar-refractivity contribution in [1.29, 1.82) is 0 Å². The van der Waals surface area contributed by atoms with Crippen LogP contribution in [0.25, 0.3) is 0 Å². The molecule has 0 aliphatic heterocycles. The third kappa shape index (κ3) is 3.25. The van der Waals surface area contributed by atoms with Crippen molar-refractivity contribution in [3.63, 3.8) is 0 Å². The maximum Gasteiger partial charge on any atom is 0.137 e. The first-order valence-electron chi connectivity index (χ1n) is 5.82. The molecule has 4 heteroatoms. The standard InChI is InChI=1S/C15H14ClNOS/c1-9-3-5-12(15(17)19)14(7-9)18-13-6-4-11(16)8-10(13)2/h3-8H,1-2H3,(H2,17,19). The molecule has 2 nitrogen and oxygen atoms in total. The van der Waals surface area contributed by atoms with Crippen molar-refractivity contribution in [3.05, 3.63) is 58.1 Å². The Morgan fingerprint density at radius 2 is 1.84 bits per heavy atom. The number of halogens is 1. The number of nitrogens with two attached hydrogens (primary N) is 1. The van der Waals surface area contributed by atoms with Crippen molar-refractivity contribution in [3.8, 4) is 11.5 Å². The van der Waals surface area contributed by atoms with Gasteiger partial charge in [-0.3, -0.25) is 0 Å². The Balaban J connectivity index is 2.42. The van der Waals surface area contributed by atoms with Crippen LogP contribution >= 0.6 is 23.8 Å². The largest absolute Gasteiger partial charge is 0.456 e. The summed E-state index contributed by atoms with van der Waals surface area (Å²) in [5.41, 5.74) is 8.49. The van der Waals surface area contributed by atoms with Crippen LogP contribution in [0.15, 0.2) is 36.4 Å². The van der Waals surface area contributed by atoms with E-state index in [2.05, 4.69) is 0 Å². The minimum Gasteiger partial charge on any atom is -0.456 e. The van der Waals surface area contributed by atoms with Crippen molar-refractivity contribution in [2.75, 3.05) is 0 Å². The minimum atomic E-state index is 0.321. The Bertz CT molecular complexity index is 640. The fourth-order valence-electron chi connectivity index (χ4n) is 1.76. The summed E-state index contributed by atoms with van der Waals surface area (Å²) >= 11 is 11.0. The first-order valence-corrected chi connectivity index (χ1v) is 6.60. The van der Waals surface area contributed by atoms with E-state index >= 15 is 0 Å². The molecular weight excluding hydrogens is 278 g/mol. The summed E-state index contributed by atoms with van der Waals surface area (Å²) in [5, 5.41) is 0.684. The Hall–Kier alpha value is -1.58. The maximum absolute atomic E-state index is 5.93. The first kappa shape index (κ1) is 13.8. The number of hydrogen-bond acceptors (Lipinski definition) is 2. The van der Waals surface area contributed by atoms with E-state index in [0.29, 0.717) is 15.8 Å². The zero-order valence-electron chi connectivity index (χ0n) is 10.7. The molecule has 0 atom stereocenters. The van der Waals surface area contributed by atoms with Crippen LogP contribution in [0.4, 0.5) is 0 Å². The zero-order valence-corrected chi connectivity index (χ0v) is 12.3. The quantitative estimate of drug-likeness (QED) is 0.852.